The van der Waals surface area contributed by atoms with Crippen LogP contribution in [0.1, 0.15) is 129 Å². The fourth-order valence-corrected chi connectivity index (χ4v) is 6.24. The van der Waals surface area contributed by atoms with Gasteiger partial charge in [0.2, 0.25) is 0 Å². The fraction of sp³-hybridized carbons (Fsp3) is 0.829. The molecule has 6 atom stereocenters. The highest BCUT2D eigenvalue weighted by Crippen LogP contribution is 2.47. The van der Waals surface area contributed by atoms with Crippen LogP contribution >= 0.6 is 7.82 Å². The van der Waals surface area contributed by atoms with Crippen molar-refractivity contribution in [1.82, 2.24) is 0 Å². The Balaban J connectivity index is 2.58. The molecule has 0 amide bonds. The maximum atomic E-state index is 12.7. The van der Waals surface area contributed by atoms with Crippen LogP contribution < -0.4 is 0 Å². The Morgan fingerprint density at radius 2 is 1.14 bits per heavy atom. The van der Waals surface area contributed by atoms with Gasteiger partial charge in [-0.25, -0.2) is 4.57 Å². The van der Waals surface area contributed by atoms with Crippen LogP contribution in [0.2, 0.25) is 0 Å². The zero-order valence-electron chi connectivity index (χ0n) is 29.5. The molecule has 6 unspecified atom stereocenters. The van der Waals surface area contributed by atoms with Crippen molar-refractivity contribution in [1.29, 1.82) is 0 Å². The van der Waals surface area contributed by atoms with Crippen LogP contribution in [0.5, 0.6) is 0 Å². The monoisotopic (exact) mass is 722 g/mol. The number of allylic oxidation sites excluding steroid dienone is 4. The molecule has 1 saturated carbocycles. The van der Waals surface area contributed by atoms with Crippen LogP contribution in [0.3, 0.4) is 0 Å². The second-order valence-electron chi connectivity index (χ2n) is 12.7. The van der Waals surface area contributed by atoms with Gasteiger partial charge in [-0.2, -0.15) is 0 Å². The summed E-state index contributed by atoms with van der Waals surface area (Å²) in [6.07, 6.45) is 11.5. The molecule has 13 nitrogen and oxygen atoms in total. The largest absolute Gasteiger partial charge is 0.472 e. The third-order valence-electron chi connectivity index (χ3n) is 8.28. The maximum absolute atomic E-state index is 12.7. The van der Waals surface area contributed by atoms with Crippen LogP contribution in [0.25, 0.3) is 0 Å². The van der Waals surface area contributed by atoms with Crippen LogP contribution in [0.15, 0.2) is 24.3 Å². The van der Waals surface area contributed by atoms with Crippen molar-refractivity contribution in [3.63, 3.8) is 0 Å². The number of phosphoric acid groups is 1. The van der Waals surface area contributed by atoms with E-state index in [1.54, 1.807) is 0 Å². The number of ether oxygens (including phenoxy) is 2. The molecule has 1 aliphatic carbocycles. The summed E-state index contributed by atoms with van der Waals surface area (Å²) < 4.78 is 33.1. The average Bonchev–Trinajstić information content (AvgIpc) is 3.07. The highest BCUT2D eigenvalue weighted by Gasteiger charge is 2.51. The molecule has 1 fully saturated rings. The van der Waals surface area contributed by atoms with E-state index in [0.717, 1.165) is 83.5 Å². The van der Waals surface area contributed by atoms with Gasteiger partial charge in [0.05, 0.1) is 6.61 Å². The van der Waals surface area contributed by atoms with Gasteiger partial charge in [0.1, 0.15) is 43.2 Å². The topological polar surface area (TPSA) is 210 Å². The van der Waals surface area contributed by atoms with Gasteiger partial charge in [0, 0.05) is 12.8 Å². The van der Waals surface area contributed by atoms with Crippen molar-refractivity contribution in [3.05, 3.63) is 24.3 Å². The van der Waals surface area contributed by atoms with Gasteiger partial charge in [-0.1, -0.05) is 102 Å². The summed E-state index contributed by atoms with van der Waals surface area (Å²) in [5.41, 5.74) is 0. The van der Waals surface area contributed by atoms with Crippen molar-refractivity contribution in [3.8, 4) is 0 Å². The number of carbonyl (C=O) groups is 2. The SMILES string of the molecule is CCC/C=C\C/C=C\CCCCCCCC(=O)OC(COC(=O)CCCCCCCCC)COP(=O)(O)OC1C(O)C(O)C(O)C(O)C1O. The van der Waals surface area contributed by atoms with Gasteiger partial charge >= 0.3 is 19.8 Å². The van der Waals surface area contributed by atoms with Crippen molar-refractivity contribution in [2.45, 2.75) is 172 Å². The predicted octanol–water partition coefficient (Wildman–Crippen LogP) is 4.94. The van der Waals surface area contributed by atoms with Gasteiger partial charge in [-0.3, -0.25) is 18.6 Å². The third-order valence-corrected chi connectivity index (χ3v) is 9.26. The number of phosphoric ester groups is 1. The molecule has 6 N–H and O–H groups in total. The lowest BCUT2D eigenvalue weighted by Crippen LogP contribution is -2.64. The number of hydrogen-bond acceptors (Lipinski definition) is 12. The predicted molar refractivity (Wildman–Crippen MR) is 184 cm³/mol. The summed E-state index contributed by atoms with van der Waals surface area (Å²) in [5, 5.41) is 49.8. The molecule has 0 aliphatic heterocycles. The standard InChI is InChI=1S/C35H63O13P/c1-3-5-7-9-11-12-13-14-15-16-18-20-22-24-29(37)47-27(25-45-28(36)23-21-19-17-10-8-6-4-2)26-46-49(43,44)48-35-33(41)31(39)30(38)32(40)34(35)42/h7,9,12-13,27,30-35,38-42H,3-6,8,10-11,14-26H2,1-2H3,(H,43,44)/b9-7-,13-12-. The number of carbonyl (C=O) groups excluding carboxylic acids is 2. The van der Waals surface area contributed by atoms with Crippen LogP contribution in [-0.4, -0.2) is 98.3 Å². The van der Waals surface area contributed by atoms with Crippen molar-refractivity contribution in [2.24, 2.45) is 0 Å². The molecular formula is C35H63O13P. The molecule has 0 saturated heterocycles. The lowest BCUT2D eigenvalue weighted by molar-refractivity contribution is -0.220. The average molecular weight is 723 g/mol. The van der Waals surface area contributed by atoms with E-state index < -0.39 is 75.7 Å². The molecular weight excluding hydrogens is 659 g/mol. The summed E-state index contributed by atoms with van der Waals surface area (Å²) in [7, 11) is -5.10. The molecule has 286 valence electrons. The first-order valence-electron chi connectivity index (χ1n) is 18.1. The lowest BCUT2D eigenvalue weighted by Gasteiger charge is -2.41. The minimum absolute atomic E-state index is 0.0817. The van der Waals surface area contributed by atoms with Gasteiger partial charge in [0.15, 0.2) is 6.10 Å². The summed E-state index contributed by atoms with van der Waals surface area (Å²) in [6, 6.07) is 0. The van der Waals surface area contributed by atoms with Crippen LogP contribution in [-0.2, 0) is 32.7 Å². The number of unbranched alkanes of at least 4 members (excludes halogenated alkanes) is 12. The Kier molecular flexibility index (Phi) is 25.0. The molecule has 0 aromatic heterocycles. The molecule has 0 bridgehead atoms. The van der Waals surface area contributed by atoms with Crippen molar-refractivity contribution < 1.29 is 63.1 Å². The number of rotatable bonds is 28. The Morgan fingerprint density at radius 3 is 1.73 bits per heavy atom. The maximum Gasteiger partial charge on any atom is 0.472 e. The first-order valence-corrected chi connectivity index (χ1v) is 19.6. The highest BCUT2D eigenvalue weighted by atomic mass is 31.2. The first-order chi connectivity index (χ1) is 23.4. The Labute approximate surface area is 292 Å². The number of hydrogen-bond donors (Lipinski definition) is 6. The fourth-order valence-electron chi connectivity index (χ4n) is 5.26. The normalized spacial score (nSPS) is 24.7. The zero-order chi connectivity index (χ0) is 36.5. The van der Waals surface area contributed by atoms with E-state index in [-0.39, 0.29) is 12.8 Å². The molecule has 0 aromatic rings. The molecule has 1 aliphatic rings. The number of esters is 2. The summed E-state index contributed by atoms with van der Waals surface area (Å²) in [5.74, 6) is -1.13. The molecule has 0 spiro atoms. The second kappa shape index (κ2) is 27.0. The molecule has 1 rings (SSSR count). The van der Waals surface area contributed by atoms with Gasteiger partial charge in [-0.05, 0) is 38.5 Å². The van der Waals surface area contributed by atoms with Crippen molar-refractivity contribution >= 4 is 19.8 Å². The quantitative estimate of drug-likeness (QED) is 0.0274. The molecule has 49 heavy (non-hydrogen) atoms. The van der Waals surface area contributed by atoms with E-state index >= 15 is 0 Å². The molecule has 0 radical (unpaired) electrons. The van der Waals surface area contributed by atoms with E-state index in [1.165, 1.54) is 6.42 Å². The third kappa shape index (κ3) is 20.7. The summed E-state index contributed by atoms with van der Waals surface area (Å²) >= 11 is 0. The minimum atomic E-state index is -5.10. The van der Waals surface area contributed by atoms with Crippen molar-refractivity contribution in [2.75, 3.05) is 13.2 Å². The minimum Gasteiger partial charge on any atom is -0.462 e. The summed E-state index contributed by atoms with van der Waals surface area (Å²) in [6.45, 7) is 3.11. The molecule has 0 aromatic carbocycles. The van der Waals surface area contributed by atoms with Crippen LogP contribution in [0, 0.1) is 0 Å². The molecule has 0 heterocycles. The van der Waals surface area contributed by atoms with E-state index in [4.69, 9.17) is 18.5 Å². The Morgan fingerprint density at radius 1 is 0.633 bits per heavy atom. The zero-order valence-corrected chi connectivity index (χ0v) is 30.4. The number of aliphatic hydroxyl groups is 5. The summed E-state index contributed by atoms with van der Waals surface area (Å²) in [4.78, 5) is 35.2. The Hall–Kier alpha value is -1.67. The van der Waals surface area contributed by atoms with Gasteiger partial charge in [0.25, 0.3) is 0 Å². The van der Waals surface area contributed by atoms with E-state index in [9.17, 15) is 44.6 Å². The highest BCUT2D eigenvalue weighted by molar-refractivity contribution is 7.47. The lowest BCUT2D eigenvalue weighted by atomic mass is 9.85. The second-order valence-corrected chi connectivity index (χ2v) is 14.1. The van der Waals surface area contributed by atoms with E-state index in [2.05, 4.69) is 38.2 Å². The Bertz CT molecular complexity index is 975. The van der Waals surface area contributed by atoms with E-state index in [1.807, 2.05) is 0 Å². The molecule has 14 heteroatoms. The van der Waals surface area contributed by atoms with Gasteiger partial charge < -0.3 is 39.9 Å². The first kappa shape index (κ1) is 45.4. The van der Waals surface area contributed by atoms with Gasteiger partial charge in [-0.15, -0.1) is 0 Å². The smallest absolute Gasteiger partial charge is 0.462 e. The van der Waals surface area contributed by atoms with Crippen LogP contribution in [0.4, 0.5) is 0 Å². The van der Waals surface area contributed by atoms with E-state index in [0.29, 0.717) is 12.8 Å². The number of aliphatic hydroxyl groups excluding tert-OH is 5.